The number of halogens is 1. The summed E-state index contributed by atoms with van der Waals surface area (Å²) in [4.78, 5) is 27.3. The van der Waals surface area contributed by atoms with Gasteiger partial charge in [0.1, 0.15) is 0 Å². The lowest BCUT2D eigenvalue weighted by molar-refractivity contribution is 0.0981. The molecular formula is C19H23BrN2O2. The number of benzene rings is 1. The molecule has 2 N–H and O–H groups in total. The molecule has 0 bridgehead atoms. The van der Waals surface area contributed by atoms with E-state index < -0.39 is 0 Å². The van der Waals surface area contributed by atoms with Crippen molar-refractivity contribution in [3.63, 3.8) is 0 Å². The molecule has 0 radical (unpaired) electrons. The van der Waals surface area contributed by atoms with Crippen molar-refractivity contribution in [2.45, 2.75) is 40.2 Å². The van der Waals surface area contributed by atoms with E-state index >= 15 is 0 Å². The van der Waals surface area contributed by atoms with Gasteiger partial charge in [0, 0.05) is 21.8 Å². The highest BCUT2D eigenvalue weighted by Gasteiger charge is 2.20. The predicted octanol–water partition coefficient (Wildman–Crippen LogP) is 4.52. The molecule has 0 aliphatic heterocycles. The number of rotatable bonds is 7. The number of carbonyl (C=O) groups excluding carboxylic acids is 2. The number of aryl methyl sites for hydroxylation is 1. The fraction of sp³-hybridized carbons (Fsp3) is 0.368. The topological polar surface area (TPSA) is 62.0 Å². The van der Waals surface area contributed by atoms with Crippen LogP contribution in [0.5, 0.6) is 0 Å². The maximum atomic E-state index is 12.5. The summed E-state index contributed by atoms with van der Waals surface area (Å²) in [5.74, 6) is -0.0479. The Morgan fingerprint density at radius 2 is 1.83 bits per heavy atom. The van der Waals surface area contributed by atoms with Crippen LogP contribution in [0.25, 0.3) is 0 Å². The predicted molar refractivity (Wildman–Crippen MR) is 99.8 cm³/mol. The summed E-state index contributed by atoms with van der Waals surface area (Å²) in [6.45, 7) is 7.48. The van der Waals surface area contributed by atoms with Crippen LogP contribution in [0.3, 0.4) is 0 Å². The van der Waals surface area contributed by atoms with Crippen molar-refractivity contribution in [1.29, 1.82) is 0 Å². The second kappa shape index (κ2) is 7.90. The minimum atomic E-state index is -0.0290. The van der Waals surface area contributed by atoms with Crippen LogP contribution in [0, 0.1) is 13.8 Å². The van der Waals surface area contributed by atoms with Gasteiger partial charge in [0.25, 0.3) is 0 Å². The smallest absolute Gasteiger partial charge is 0.193 e. The summed E-state index contributed by atoms with van der Waals surface area (Å²) in [6.07, 6.45) is 0.885. The fourth-order valence-corrected chi connectivity index (χ4v) is 3.32. The lowest BCUT2D eigenvalue weighted by Gasteiger charge is -2.17. The molecule has 0 aliphatic rings. The zero-order valence-corrected chi connectivity index (χ0v) is 16.1. The quantitative estimate of drug-likeness (QED) is 0.683. The van der Waals surface area contributed by atoms with Crippen LogP contribution >= 0.6 is 15.9 Å². The fourth-order valence-electron chi connectivity index (χ4n) is 3.05. The van der Waals surface area contributed by atoms with Crippen molar-refractivity contribution in [2.75, 3.05) is 6.54 Å². The van der Waals surface area contributed by atoms with Gasteiger partial charge in [-0.15, -0.1) is 0 Å². The van der Waals surface area contributed by atoms with Gasteiger partial charge in [-0.05, 0) is 50.5 Å². The molecule has 1 atom stereocenters. The highest BCUT2D eigenvalue weighted by atomic mass is 79.9. The molecule has 1 heterocycles. The number of nitrogens with one attached hydrogen (secondary N) is 2. The molecule has 1 aromatic heterocycles. The third-order valence-electron chi connectivity index (χ3n) is 4.26. The average Bonchev–Trinajstić information content (AvgIpc) is 2.84. The van der Waals surface area contributed by atoms with E-state index in [1.807, 2.05) is 38.1 Å². The zero-order chi connectivity index (χ0) is 17.9. The first-order chi connectivity index (χ1) is 11.3. The van der Waals surface area contributed by atoms with Crippen molar-refractivity contribution in [3.05, 3.63) is 56.8 Å². The van der Waals surface area contributed by atoms with Gasteiger partial charge in [0.15, 0.2) is 11.6 Å². The Balaban J connectivity index is 2.11. The van der Waals surface area contributed by atoms with Gasteiger partial charge < -0.3 is 10.3 Å². The summed E-state index contributed by atoms with van der Waals surface area (Å²) in [6, 6.07) is 8.21. The first kappa shape index (κ1) is 18.6. The Bertz CT molecular complexity index is 747. The van der Waals surface area contributed by atoms with Gasteiger partial charge in [-0.25, -0.2) is 0 Å². The van der Waals surface area contributed by atoms with E-state index in [0.29, 0.717) is 11.3 Å². The third-order valence-corrected chi connectivity index (χ3v) is 4.79. The van der Waals surface area contributed by atoms with E-state index in [4.69, 9.17) is 0 Å². The summed E-state index contributed by atoms with van der Waals surface area (Å²) in [7, 11) is 0. The molecule has 2 aromatic rings. The van der Waals surface area contributed by atoms with Gasteiger partial charge in [-0.1, -0.05) is 35.0 Å². The molecule has 0 fully saturated rings. The van der Waals surface area contributed by atoms with Gasteiger partial charge in [0.2, 0.25) is 0 Å². The Kier molecular flexibility index (Phi) is 6.13. The molecule has 0 saturated heterocycles. The van der Waals surface area contributed by atoms with Gasteiger partial charge in [0.05, 0.1) is 12.2 Å². The first-order valence-corrected chi connectivity index (χ1v) is 8.86. The molecule has 0 spiro atoms. The summed E-state index contributed by atoms with van der Waals surface area (Å²) in [5, 5.41) is 3.32. The number of H-pyrrole nitrogens is 1. The van der Waals surface area contributed by atoms with Crippen LogP contribution in [0.15, 0.2) is 28.7 Å². The average molecular weight is 391 g/mol. The van der Waals surface area contributed by atoms with E-state index in [9.17, 15) is 9.59 Å². The van der Waals surface area contributed by atoms with Crippen LogP contribution in [-0.2, 0) is 0 Å². The van der Waals surface area contributed by atoms with E-state index in [1.54, 1.807) is 0 Å². The third kappa shape index (κ3) is 4.02. The molecule has 0 amide bonds. The van der Waals surface area contributed by atoms with Crippen molar-refractivity contribution < 1.29 is 9.59 Å². The molecule has 0 unspecified atom stereocenters. The van der Waals surface area contributed by atoms with Crippen LogP contribution in [0.2, 0.25) is 0 Å². The SMILES string of the molecule is CC[C@H](NCC(=O)c1[nH]c(C)c(C(C)=O)c1C)c1ccc(Br)cc1. The lowest BCUT2D eigenvalue weighted by Crippen LogP contribution is -2.28. The lowest BCUT2D eigenvalue weighted by atomic mass is 10.0. The minimum absolute atomic E-state index is 0.0189. The number of ketones is 2. The molecular weight excluding hydrogens is 368 g/mol. The van der Waals surface area contributed by atoms with E-state index in [2.05, 4.69) is 33.2 Å². The van der Waals surface area contributed by atoms with Crippen molar-refractivity contribution in [2.24, 2.45) is 0 Å². The minimum Gasteiger partial charge on any atom is -0.355 e. The Labute approximate surface area is 151 Å². The van der Waals surface area contributed by atoms with E-state index in [-0.39, 0.29) is 24.2 Å². The van der Waals surface area contributed by atoms with E-state index in [0.717, 1.165) is 27.7 Å². The van der Waals surface area contributed by atoms with Crippen molar-refractivity contribution in [1.82, 2.24) is 10.3 Å². The molecule has 0 aliphatic carbocycles. The normalized spacial score (nSPS) is 12.2. The summed E-state index contributed by atoms with van der Waals surface area (Å²) < 4.78 is 1.03. The summed E-state index contributed by atoms with van der Waals surface area (Å²) in [5.41, 5.74) is 3.79. The van der Waals surface area contributed by atoms with Gasteiger partial charge >= 0.3 is 0 Å². The second-order valence-corrected chi connectivity index (χ2v) is 6.91. The molecule has 24 heavy (non-hydrogen) atoms. The largest absolute Gasteiger partial charge is 0.355 e. The molecule has 128 valence electrons. The number of aromatic amines is 1. The maximum absolute atomic E-state index is 12.5. The van der Waals surface area contributed by atoms with Crippen LogP contribution in [0.1, 0.15) is 64.0 Å². The van der Waals surface area contributed by atoms with Crippen LogP contribution < -0.4 is 5.32 Å². The number of aromatic nitrogens is 1. The molecule has 0 saturated carbocycles. The summed E-state index contributed by atoms with van der Waals surface area (Å²) >= 11 is 3.43. The molecule has 4 nitrogen and oxygen atoms in total. The number of carbonyl (C=O) groups is 2. The Morgan fingerprint density at radius 1 is 1.21 bits per heavy atom. The van der Waals surface area contributed by atoms with Gasteiger partial charge in [-0.3, -0.25) is 9.59 Å². The first-order valence-electron chi connectivity index (χ1n) is 8.07. The number of Topliss-reactive ketones (excluding diaryl/α,β-unsaturated/α-hetero) is 2. The molecule has 1 aromatic carbocycles. The monoisotopic (exact) mass is 390 g/mol. The highest BCUT2D eigenvalue weighted by Crippen LogP contribution is 2.21. The number of hydrogen-bond acceptors (Lipinski definition) is 3. The zero-order valence-electron chi connectivity index (χ0n) is 14.5. The highest BCUT2D eigenvalue weighted by molar-refractivity contribution is 9.10. The van der Waals surface area contributed by atoms with Crippen molar-refractivity contribution >= 4 is 27.5 Å². The van der Waals surface area contributed by atoms with Crippen molar-refractivity contribution in [3.8, 4) is 0 Å². The Hall–Kier alpha value is -1.72. The standard InChI is InChI=1S/C19H23BrN2O2/c1-5-16(14-6-8-15(20)9-7-14)21-10-17(24)19-11(2)18(13(4)23)12(3)22-19/h6-9,16,21-22H,5,10H2,1-4H3/t16-/m0/s1. The van der Waals surface area contributed by atoms with Crippen LogP contribution in [-0.4, -0.2) is 23.1 Å². The molecule has 5 heteroatoms. The van der Waals surface area contributed by atoms with Gasteiger partial charge in [-0.2, -0.15) is 0 Å². The van der Waals surface area contributed by atoms with Crippen LogP contribution in [0.4, 0.5) is 0 Å². The number of hydrogen-bond donors (Lipinski definition) is 2. The molecule has 2 rings (SSSR count). The second-order valence-electron chi connectivity index (χ2n) is 6.00. The van der Waals surface area contributed by atoms with E-state index in [1.165, 1.54) is 6.92 Å². The Morgan fingerprint density at radius 3 is 2.33 bits per heavy atom. The maximum Gasteiger partial charge on any atom is 0.193 e.